The maximum absolute atomic E-state index is 12.5. The molecule has 0 fully saturated rings. The molecule has 2 aromatic carbocycles. The van der Waals surface area contributed by atoms with Crippen molar-refractivity contribution in [2.45, 2.75) is 6.92 Å². The topological polar surface area (TPSA) is 104 Å². The summed E-state index contributed by atoms with van der Waals surface area (Å²) < 4.78 is 7.13. The Kier molecular flexibility index (Phi) is 6.30. The van der Waals surface area contributed by atoms with E-state index in [0.717, 1.165) is 0 Å². The van der Waals surface area contributed by atoms with Crippen LogP contribution in [0.25, 0.3) is 11.8 Å². The molecule has 7 heteroatoms. The molecule has 0 aliphatic rings. The number of carbonyl (C=O) groups is 2. The molecule has 0 aliphatic carbocycles. The smallest absolute Gasteiger partial charge is 0.335 e. The highest BCUT2D eigenvalue weighted by atomic mass is 16.5. The molecule has 7 nitrogen and oxygen atoms in total. The number of benzene rings is 2. The zero-order chi connectivity index (χ0) is 21.5. The Morgan fingerprint density at radius 2 is 1.83 bits per heavy atom. The fourth-order valence-electron chi connectivity index (χ4n) is 2.81. The Labute approximate surface area is 173 Å². The maximum Gasteiger partial charge on any atom is 0.335 e. The molecule has 1 heterocycles. The van der Waals surface area contributed by atoms with Crippen LogP contribution in [0.3, 0.4) is 0 Å². The number of carbonyl (C=O) groups excluding carboxylic acids is 1. The number of ether oxygens (including phenoxy) is 1. The van der Waals surface area contributed by atoms with Crippen LogP contribution in [0.2, 0.25) is 0 Å². The van der Waals surface area contributed by atoms with Gasteiger partial charge in [-0.1, -0.05) is 0 Å². The van der Waals surface area contributed by atoms with Crippen LogP contribution < -0.4 is 10.1 Å². The quantitative estimate of drug-likeness (QED) is 0.458. The van der Waals surface area contributed by atoms with Crippen molar-refractivity contribution in [3.05, 3.63) is 83.7 Å². The SMILES string of the molecule is CCOc1ccc(NC(=O)/C(C#N)=C\c2cccn2-c2ccc(C(=O)O)cc2)cc1. The summed E-state index contributed by atoms with van der Waals surface area (Å²) in [6.07, 6.45) is 3.25. The molecule has 1 amide bonds. The number of hydrogen-bond acceptors (Lipinski definition) is 4. The minimum atomic E-state index is -1.01. The monoisotopic (exact) mass is 401 g/mol. The van der Waals surface area contributed by atoms with Gasteiger partial charge in [-0.05, 0) is 73.7 Å². The summed E-state index contributed by atoms with van der Waals surface area (Å²) in [5.41, 5.74) is 1.97. The van der Waals surface area contributed by atoms with Crippen molar-refractivity contribution in [2.24, 2.45) is 0 Å². The number of nitrogens with one attached hydrogen (secondary N) is 1. The van der Waals surface area contributed by atoms with Crippen molar-refractivity contribution in [3.63, 3.8) is 0 Å². The molecular weight excluding hydrogens is 382 g/mol. The lowest BCUT2D eigenvalue weighted by Crippen LogP contribution is -2.13. The minimum Gasteiger partial charge on any atom is -0.494 e. The van der Waals surface area contributed by atoms with Gasteiger partial charge in [0.2, 0.25) is 0 Å². The minimum absolute atomic E-state index is 0.0639. The summed E-state index contributed by atoms with van der Waals surface area (Å²) in [6.45, 7) is 2.43. The standard InChI is InChI=1S/C23H19N3O4/c1-2-30-21-11-7-18(8-12-21)25-22(27)17(15-24)14-20-4-3-13-26(20)19-9-5-16(6-10-19)23(28)29/h3-14H,2H2,1H3,(H,25,27)(H,28,29)/b17-14-. The van der Waals surface area contributed by atoms with E-state index in [1.807, 2.05) is 13.0 Å². The van der Waals surface area contributed by atoms with E-state index in [1.165, 1.54) is 18.2 Å². The van der Waals surface area contributed by atoms with Crippen molar-refractivity contribution in [2.75, 3.05) is 11.9 Å². The van der Waals surface area contributed by atoms with Crippen LogP contribution in [0.4, 0.5) is 5.69 Å². The number of rotatable bonds is 7. The summed E-state index contributed by atoms with van der Waals surface area (Å²) in [7, 11) is 0. The first kappa shape index (κ1) is 20.4. The molecule has 0 aliphatic heterocycles. The molecule has 3 aromatic rings. The highest BCUT2D eigenvalue weighted by Crippen LogP contribution is 2.19. The average Bonchev–Trinajstić information content (AvgIpc) is 3.21. The molecule has 0 saturated carbocycles. The number of anilines is 1. The molecule has 0 atom stereocenters. The first-order chi connectivity index (χ1) is 14.5. The summed E-state index contributed by atoms with van der Waals surface area (Å²) >= 11 is 0. The fourth-order valence-corrected chi connectivity index (χ4v) is 2.81. The van der Waals surface area contributed by atoms with Gasteiger partial charge < -0.3 is 19.7 Å². The number of aromatic carboxylic acids is 1. The lowest BCUT2D eigenvalue weighted by molar-refractivity contribution is -0.112. The Hall–Kier alpha value is -4.31. The zero-order valence-corrected chi connectivity index (χ0v) is 16.2. The van der Waals surface area contributed by atoms with Gasteiger partial charge in [-0.2, -0.15) is 5.26 Å². The number of hydrogen-bond donors (Lipinski definition) is 2. The Bertz CT molecular complexity index is 1120. The van der Waals surface area contributed by atoms with Gasteiger partial charge in [-0.15, -0.1) is 0 Å². The summed E-state index contributed by atoms with van der Waals surface area (Å²) in [5, 5.41) is 21.2. The Morgan fingerprint density at radius 1 is 1.13 bits per heavy atom. The first-order valence-electron chi connectivity index (χ1n) is 9.19. The van der Waals surface area contributed by atoms with E-state index in [9.17, 15) is 14.9 Å². The molecule has 0 bridgehead atoms. The second-order valence-electron chi connectivity index (χ2n) is 6.24. The highest BCUT2D eigenvalue weighted by molar-refractivity contribution is 6.09. The third-order valence-corrected chi connectivity index (χ3v) is 4.25. The van der Waals surface area contributed by atoms with Crippen molar-refractivity contribution >= 4 is 23.6 Å². The second-order valence-corrected chi connectivity index (χ2v) is 6.24. The molecule has 30 heavy (non-hydrogen) atoms. The fraction of sp³-hybridized carbons (Fsp3) is 0.0870. The van der Waals surface area contributed by atoms with E-state index in [2.05, 4.69) is 5.32 Å². The third kappa shape index (κ3) is 4.75. The van der Waals surface area contributed by atoms with E-state index in [1.54, 1.807) is 59.3 Å². The van der Waals surface area contributed by atoms with Gasteiger partial charge in [-0.25, -0.2) is 4.79 Å². The van der Waals surface area contributed by atoms with Crippen LogP contribution in [-0.4, -0.2) is 28.2 Å². The molecule has 3 rings (SSSR count). The lowest BCUT2D eigenvalue weighted by atomic mass is 10.2. The van der Waals surface area contributed by atoms with E-state index in [4.69, 9.17) is 9.84 Å². The van der Waals surface area contributed by atoms with Crippen molar-refractivity contribution in [1.29, 1.82) is 5.26 Å². The molecule has 150 valence electrons. The van der Waals surface area contributed by atoms with Crippen LogP contribution in [0, 0.1) is 11.3 Å². The lowest BCUT2D eigenvalue weighted by Gasteiger charge is -2.09. The van der Waals surface area contributed by atoms with E-state index in [-0.39, 0.29) is 11.1 Å². The molecule has 0 unspecified atom stereocenters. The zero-order valence-electron chi connectivity index (χ0n) is 16.2. The number of aromatic nitrogens is 1. The largest absolute Gasteiger partial charge is 0.494 e. The van der Waals surface area contributed by atoms with Gasteiger partial charge in [0.05, 0.1) is 12.2 Å². The van der Waals surface area contributed by atoms with E-state index < -0.39 is 11.9 Å². The predicted molar refractivity (Wildman–Crippen MR) is 113 cm³/mol. The summed E-state index contributed by atoms with van der Waals surface area (Å²) in [6, 6.07) is 18.6. The number of nitrogens with zero attached hydrogens (tertiary/aromatic N) is 2. The Balaban J connectivity index is 1.81. The molecular formula is C23H19N3O4. The summed E-state index contributed by atoms with van der Waals surface area (Å²) in [4.78, 5) is 23.6. The van der Waals surface area contributed by atoms with Crippen molar-refractivity contribution in [1.82, 2.24) is 4.57 Å². The number of carboxylic acids is 1. The van der Waals surface area contributed by atoms with Crippen LogP contribution >= 0.6 is 0 Å². The van der Waals surface area contributed by atoms with E-state index >= 15 is 0 Å². The van der Waals surface area contributed by atoms with Crippen molar-refractivity contribution < 1.29 is 19.4 Å². The second kappa shape index (κ2) is 9.26. The van der Waals surface area contributed by atoms with Gasteiger partial charge in [0.1, 0.15) is 17.4 Å². The van der Waals surface area contributed by atoms with Gasteiger partial charge in [0, 0.05) is 23.3 Å². The van der Waals surface area contributed by atoms with Gasteiger partial charge >= 0.3 is 5.97 Å². The highest BCUT2D eigenvalue weighted by Gasteiger charge is 2.12. The third-order valence-electron chi connectivity index (χ3n) is 4.25. The van der Waals surface area contributed by atoms with Crippen LogP contribution in [0.5, 0.6) is 5.75 Å². The van der Waals surface area contributed by atoms with Crippen molar-refractivity contribution in [3.8, 4) is 17.5 Å². The Morgan fingerprint density at radius 3 is 2.43 bits per heavy atom. The molecule has 0 radical (unpaired) electrons. The number of carboxylic acid groups (broad SMARTS) is 1. The molecule has 2 N–H and O–H groups in total. The van der Waals surface area contributed by atoms with Gasteiger partial charge in [-0.3, -0.25) is 4.79 Å². The number of nitriles is 1. The van der Waals surface area contributed by atoms with Gasteiger partial charge in [0.25, 0.3) is 5.91 Å². The number of amides is 1. The normalized spacial score (nSPS) is 10.9. The maximum atomic E-state index is 12.5. The molecule has 0 spiro atoms. The molecule has 0 saturated heterocycles. The average molecular weight is 401 g/mol. The van der Waals surface area contributed by atoms with Crippen LogP contribution in [0.15, 0.2) is 72.4 Å². The summed E-state index contributed by atoms with van der Waals surface area (Å²) in [5.74, 6) is -0.846. The predicted octanol–water partition coefficient (Wildman–Crippen LogP) is 4.12. The van der Waals surface area contributed by atoms with E-state index in [0.29, 0.717) is 29.4 Å². The van der Waals surface area contributed by atoms with Gasteiger partial charge in [0.15, 0.2) is 0 Å². The van der Waals surface area contributed by atoms with Crippen LogP contribution in [0.1, 0.15) is 23.0 Å². The first-order valence-corrected chi connectivity index (χ1v) is 9.19. The van der Waals surface area contributed by atoms with Crippen LogP contribution in [-0.2, 0) is 4.79 Å². The molecule has 1 aromatic heterocycles.